The van der Waals surface area contributed by atoms with Gasteiger partial charge in [0.1, 0.15) is 23.4 Å². The molecule has 2 aromatic rings. The number of rotatable bonds is 23. The monoisotopic (exact) mass is 1060 g/mol. The first kappa shape index (κ1) is 64.1. The zero-order chi connectivity index (χ0) is 55.7. The second-order valence-electron chi connectivity index (χ2n) is 23.8. The molecule has 2 fully saturated rings. The van der Waals surface area contributed by atoms with Crippen molar-refractivity contribution < 1.29 is 57.1 Å². The molecule has 2 aromatic carbocycles. The van der Waals surface area contributed by atoms with Gasteiger partial charge in [0.05, 0.1) is 36.9 Å². The zero-order valence-corrected chi connectivity index (χ0v) is 48.3. The van der Waals surface area contributed by atoms with E-state index in [4.69, 9.17) is 33.2 Å². The lowest BCUT2D eigenvalue weighted by molar-refractivity contribution is -0.274. The normalized spacial score (nSPS) is 21.5. The van der Waals surface area contributed by atoms with E-state index in [2.05, 4.69) is 19.6 Å². The standard InChI is InChI=1S/C60H96N4O12/c1-46-47(2)54(73-56(69)49-30-22-19-23-31-49)57(72-50(46)45-71-55(68)48-28-20-18-21-29-48)70-41-25-17-15-13-12-14-16-24-32-61-33-26-34-63(43-52(66)75-59(6,7)8)39-40-64(44-53(67)76-60(9,10)11)36-27-35-62(38-37-61)42-51(65)74-58(3,4)5/h18-23,28-31,46-47,50,54,57H,12-17,24-27,32-45H2,1-11H3/t46-,47-,50?,54?,57+/m0/s1. The summed E-state index contributed by atoms with van der Waals surface area (Å²) < 4.78 is 41.7. The maximum Gasteiger partial charge on any atom is 0.338 e. The van der Waals surface area contributed by atoms with Gasteiger partial charge in [-0.25, -0.2) is 9.59 Å². The largest absolute Gasteiger partial charge is 0.459 e. The highest BCUT2D eigenvalue weighted by molar-refractivity contribution is 5.90. The van der Waals surface area contributed by atoms with Gasteiger partial charge < -0.3 is 38.1 Å². The molecule has 428 valence electrons. The van der Waals surface area contributed by atoms with Gasteiger partial charge in [0.2, 0.25) is 0 Å². The highest BCUT2D eigenvalue weighted by Crippen LogP contribution is 2.34. The van der Waals surface area contributed by atoms with Crippen LogP contribution in [0, 0.1) is 11.8 Å². The number of hydrogen-bond donors (Lipinski definition) is 0. The Labute approximate surface area is 456 Å². The lowest BCUT2D eigenvalue weighted by Crippen LogP contribution is -2.53. The van der Waals surface area contributed by atoms with Crippen LogP contribution in [0.1, 0.15) is 161 Å². The first-order chi connectivity index (χ1) is 35.9. The summed E-state index contributed by atoms with van der Waals surface area (Å²) in [5, 5.41) is 0. The first-order valence-electron chi connectivity index (χ1n) is 28.2. The van der Waals surface area contributed by atoms with Gasteiger partial charge in [0.15, 0.2) is 12.4 Å². The van der Waals surface area contributed by atoms with Crippen LogP contribution in [0.5, 0.6) is 0 Å². The Morgan fingerprint density at radius 3 is 1.34 bits per heavy atom. The molecular weight excluding hydrogens is 969 g/mol. The summed E-state index contributed by atoms with van der Waals surface area (Å²) in [7, 11) is 0. The molecule has 0 N–H and O–H groups in total. The molecule has 2 saturated heterocycles. The van der Waals surface area contributed by atoms with Crippen molar-refractivity contribution in [3.8, 4) is 0 Å². The molecule has 0 radical (unpaired) electrons. The molecule has 2 aliphatic heterocycles. The Morgan fingerprint density at radius 1 is 0.500 bits per heavy atom. The molecule has 2 aliphatic rings. The van der Waals surface area contributed by atoms with Gasteiger partial charge in [0.25, 0.3) is 0 Å². The average Bonchev–Trinajstić information content (AvgIpc) is 3.33. The third-order valence-electron chi connectivity index (χ3n) is 13.5. The van der Waals surface area contributed by atoms with Gasteiger partial charge in [-0.05, 0) is 131 Å². The molecule has 0 saturated carbocycles. The second-order valence-corrected chi connectivity index (χ2v) is 23.8. The minimum absolute atomic E-state index is 0.0566. The number of unbranched alkanes of at least 4 members (excludes halogenated alkanes) is 7. The molecule has 4 rings (SSSR count). The van der Waals surface area contributed by atoms with Crippen LogP contribution in [0.4, 0.5) is 0 Å². The smallest absolute Gasteiger partial charge is 0.338 e. The fraction of sp³-hybridized carbons (Fsp3) is 0.717. The van der Waals surface area contributed by atoms with Gasteiger partial charge in [0, 0.05) is 58.3 Å². The van der Waals surface area contributed by atoms with E-state index in [0.29, 0.717) is 57.0 Å². The van der Waals surface area contributed by atoms with Crippen LogP contribution in [-0.2, 0) is 47.5 Å². The zero-order valence-electron chi connectivity index (χ0n) is 48.3. The molecule has 16 nitrogen and oxygen atoms in total. The summed E-state index contributed by atoms with van der Waals surface area (Å²) in [5.74, 6) is -1.86. The van der Waals surface area contributed by atoms with Crippen LogP contribution < -0.4 is 0 Å². The Balaban J connectivity index is 1.28. The van der Waals surface area contributed by atoms with Gasteiger partial charge in [-0.1, -0.05) is 88.8 Å². The van der Waals surface area contributed by atoms with Crippen LogP contribution in [0.15, 0.2) is 60.7 Å². The Kier molecular flexibility index (Phi) is 27.4. The second kappa shape index (κ2) is 32.5. The van der Waals surface area contributed by atoms with Crippen molar-refractivity contribution in [1.29, 1.82) is 0 Å². The topological polar surface area (TPSA) is 163 Å². The maximum atomic E-state index is 13.2. The molecule has 2 unspecified atom stereocenters. The van der Waals surface area contributed by atoms with E-state index in [1.54, 1.807) is 48.5 Å². The van der Waals surface area contributed by atoms with E-state index in [0.717, 1.165) is 83.8 Å². The molecule has 0 aromatic heterocycles. The van der Waals surface area contributed by atoms with Crippen LogP contribution in [0.25, 0.3) is 0 Å². The molecule has 76 heavy (non-hydrogen) atoms. The molecule has 0 spiro atoms. The van der Waals surface area contributed by atoms with Crippen molar-refractivity contribution >= 4 is 29.8 Å². The first-order valence-corrected chi connectivity index (χ1v) is 28.2. The number of carbonyl (C=O) groups excluding carboxylic acids is 5. The molecule has 5 atom stereocenters. The van der Waals surface area contributed by atoms with E-state index in [1.807, 2.05) is 88.3 Å². The number of ether oxygens (including phenoxy) is 7. The molecule has 16 heteroatoms. The van der Waals surface area contributed by atoms with E-state index < -0.39 is 47.2 Å². The minimum atomic E-state index is -0.808. The van der Waals surface area contributed by atoms with E-state index in [1.165, 1.54) is 0 Å². The summed E-state index contributed by atoms with van der Waals surface area (Å²) in [6.45, 7) is 28.4. The minimum Gasteiger partial charge on any atom is -0.459 e. The summed E-state index contributed by atoms with van der Waals surface area (Å²) >= 11 is 0. The summed E-state index contributed by atoms with van der Waals surface area (Å²) in [4.78, 5) is 74.2. The lowest BCUT2D eigenvalue weighted by atomic mass is 9.83. The van der Waals surface area contributed by atoms with E-state index in [9.17, 15) is 24.0 Å². The SMILES string of the molecule is C[C@@H]1C(COC(=O)c2ccccc2)O[C@@H](OCCCCCCCCCCN2CCCN(CC(=O)OC(C)(C)C)CCN(CC(=O)OC(C)(C)C)CCCN(CC(=O)OC(C)(C)C)CC2)C(OC(=O)c2ccccc2)[C@H]1C. The summed E-state index contributed by atoms with van der Waals surface area (Å²) in [6.07, 6.45) is 8.15. The van der Waals surface area contributed by atoms with Gasteiger partial charge in [-0.3, -0.25) is 29.1 Å². The molecule has 2 heterocycles. The van der Waals surface area contributed by atoms with E-state index >= 15 is 0 Å². The average molecular weight is 1070 g/mol. The van der Waals surface area contributed by atoms with Crippen LogP contribution >= 0.6 is 0 Å². The Morgan fingerprint density at radius 2 is 0.895 bits per heavy atom. The van der Waals surface area contributed by atoms with Crippen molar-refractivity contribution in [2.45, 2.75) is 176 Å². The van der Waals surface area contributed by atoms with Crippen molar-refractivity contribution in [1.82, 2.24) is 19.6 Å². The fourth-order valence-electron chi connectivity index (χ4n) is 9.44. The Bertz CT molecular complexity index is 2020. The lowest BCUT2D eigenvalue weighted by Gasteiger charge is -2.43. The number of esters is 5. The highest BCUT2D eigenvalue weighted by Gasteiger charge is 2.45. The van der Waals surface area contributed by atoms with Crippen molar-refractivity contribution in [2.75, 3.05) is 91.8 Å². The van der Waals surface area contributed by atoms with Crippen LogP contribution in [0.2, 0.25) is 0 Å². The van der Waals surface area contributed by atoms with Crippen LogP contribution in [0.3, 0.4) is 0 Å². The van der Waals surface area contributed by atoms with Gasteiger partial charge >= 0.3 is 29.8 Å². The predicted octanol–water partition coefficient (Wildman–Crippen LogP) is 9.23. The number of nitrogens with zero attached hydrogens (tertiary/aromatic N) is 4. The molecule has 0 bridgehead atoms. The Hall–Kier alpha value is -4.45. The molecule has 0 aliphatic carbocycles. The van der Waals surface area contributed by atoms with Crippen LogP contribution in [-0.4, -0.2) is 176 Å². The van der Waals surface area contributed by atoms with Gasteiger partial charge in [-0.15, -0.1) is 0 Å². The number of carbonyl (C=O) groups is 5. The fourth-order valence-corrected chi connectivity index (χ4v) is 9.44. The summed E-state index contributed by atoms with van der Waals surface area (Å²) in [6, 6.07) is 17.8. The molecular formula is C60H96N4O12. The van der Waals surface area contributed by atoms with Gasteiger partial charge in [-0.2, -0.15) is 0 Å². The number of benzene rings is 2. The van der Waals surface area contributed by atoms with E-state index in [-0.39, 0.29) is 56.0 Å². The third-order valence-corrected chi connectivity index (χ3v) is 13.5. The van der Waals surface area contributed by atoms with Crippen molar-refractivity contribution in [3.05, 3.63) is 71.8 Å². The van der Waals surface area contributed by atoms with Crippen molar-refractivity contribution in [2.24, 2.45) is 11.8 Å². The highest BCUT2D eigenvalue weighted by atomic mass is 16.7. The molecule has 0 amide bonds. The quantitative estimate of drug-likeness (QED) is 0.0587. The maximum absolute atomic E-state index is 13.2. The third kappa shape index (κ3) is 26.3. The predicted molar refractivity (Wildman–Crippen MR) is 295 cm³/mol. The number of hydrogen-bond acceptors (Lipinski definition) is 16. The van der Waals surface area contributed by atoms with Crippen molar-refractivity contribution in [3.63, 3.8) is 0 Å². The summed E-state index contributed by atoms with van der Waals surface area (Å²) in [5.41, 5.74) is -0.847.